The fraction of sp³-hybridized carbons (Fsp3) is 0.533. The standard InChI is InChI=1S/C15H22N2OS/c1-3-19-13-8-5-4-7-12(13)17-14(18)15(2)9-6-10-16-11-15/h4-5,7-8,16H,3,6,9-11H2,1-2H3,(H,17,18). The van der Waals surface area contributed by atoms with Crippen molar-refractivity contribution in [2.24, 2.45) is 5.41 Å². The number of nitrogens with one attached hydrogen (secondary N) is 2. The average Bonchev–Trinajstić information content (AvgIpc) is 2.42. The van der Waals surface area contributed by atoms with E-state index in [-0.39, 0.29) is 11.3 Å². The summed E-state index contributed by atoms with van der Waals surface area (Å²) in [4.78, 5) is 13.6. The molecule has 1 aliphatic heterocycles. The van der Waals surface area contributed by atoms with Crippen molar-refractivity contribution < 1.29 is 4.79 Å². The van der Waals surface area contributed by atoms with Crippen LogP contribution in [0, 0.1) is 5.41 Å². The van der Waals surface area contributed by atoms with Gasteiger partial charge in [-0.15, -0.1) is 11.8 Å². The Bertz CT molecular complexity index is 442. The van der Waals surface area contributed by atoms with Crippen LogP contribution >= 0.6 is 11.8 Å². The molecule has 3 nitrogen and oxygen atoms in total. The average molecular weight is 278 g/mol. The molecular formula is C15H22N2OS. The third kappa shape index (κ3) is 3.51. The zero-order valence-corrected chi connectivity index (χ0v) is 12.5. The Morgan fingerprint density at radius 3 is 2.95 bits per heavy atom. The van der Waals surface area contributed by atoms with Gasteiger partial charge in [-0.05, 0) is 44.2 Å². The van der Waals surface area contributed by atoms with Crippen LogP contribution in [0.25, 0.3) is 0 Å². The number of piperidine rings is 1. The van der Waals surface area contributed by atoms with Crippen molar-refractivity contribution in [3.8, 4) is 0 Å². The normalized spacial score (nSPS) is 23.1. The molecule has 0 saturated carbocycles. The molecule has 0 bridgehead atoms. The number of rotatable bonds is 4. The second-order valence-electron chi connectivity index (χ2n) is 5.22. The molecule has 0 spiro atoms. The van der Waals surface area contributed by atoms with Gasteiger partial charge < -0.3 is 10.6 Å². The maximum absolute atomic E-state index is 12.5. The molecule has 1 saturated heterocycles. The number of anilines is 1. The van der Waals surface area contributed by atoms with E-state index in [0.29, 0.717) is 0 Å². The highest BCUT2D eigenvalue weighted by Gasteiger charge is 2.34. The largest absolute Gasteiger partial charge is 0.325 e. The van der Waals surface area contributed by atoms with Crippen molar-refractivity contribution in [1.29, 1.82) is 0 Å². The SMILES string of the molecule is CCSc1ccccc1NC(=O)C1(C)CCCNC1. The third-order valence-corrected chi connectivity index (χ3v) is 4.54. The smallest absolute Gasteiger partial charge is 0.231 e. The van der Waals surface area contributed by atoms with Crippen LogP contribution in [0.4, 0.5) is 5.69 Å². The summed E-state index contributed by atoms with van der Waals surface area (Å²) in [5.41, 5.74) is 0.647. The number of thioether (sulfide) groups is 1. The predicted octanol–water partition coefficient (Wildman–Crippen LogP) is 3.13. The fourth-order valence-corrected chi connectivity index (χ4v) is 3.13. The number of amides is 1. The van der Waals surface area contributed by atoms with Crippen molar-refractivity contribution in [2.75, 3.05) is 24.2 Å². The maximum Gasteiger partial charge on any atom is 0.231 e. The molecular weight excluding hydrogens is 256 g/mol. The van der Waals surface area contributed by atoms with Gasteiger partial charge in [-0.3, -0.25) is 4.79 Å². The molecule has 19 heavy (non-hydrogen) atoms. The van der Waals surface area contributed by atoms with Crippen molar-refractivity contribution in [1.82, 2.24) is 5.32 Å². The van der Waals surface area contributed by atoms with E-state index in [2.05, 4.69) is 23.6 Å². The zero-order valence-electron chi connectivity index (χ0n) is 11.7. The summed E-state index contributed by atoms with van der Waals surface area (Å²) < 4.78 is 0. The van der Waals surface area contributed by atoms with E-state index in [1.165, 1.54) is 0 Å². The first-order valence-electron chi connectivity index (χ1n) is 6.90. The van der Waals surface area contributed by atoms with E-state index >= 15 is 0 Å². The lowest BCUT2D eigenvalue weighted by molar-refractivity contribution is -0.125. The molecule has 1 aromatic rings. The van der Waals surface area contributed by atoms with Gasteiger partial charge >= 0.3 is 0 Å². The Labute approximate surface area is 119 Å². The lowest BCUT2D eigenvalue weighted by atomic mass is 9.82. The van der Waals surface area contributed by atoms with Gasteiger partial charge in [-0.2, -0.15) is 0 Å². The lowest BCUT2D eigenvalue weighted by Gasteiger charge is -2.32. The maximum atomic E-state index is 12.5. The minimum Gasteiger partial charge on any atom is -0.325 e. The number of carbonyl (C=O) groups is 1. The van der Waals surface area contributed by atoms with Crippen molar-refractivity contribution in [3.63, 3.8) is 0 Å². The number of para-hydroxylation sites is 1. The van der Waals surface area contributed by atoms with E-state index in [4.69, 9.17) is 0 Å². The van der Waals surface area contributed by atoms with Crippen LogP contribution in [0.1, 0.15) is 26.7 Å². The molecule has 1 amide bonds. The molecule has 0 radical (unpaired) electrons. The topological polar surface area (TPSA) is 41.1 Å². The van der Waals surface area contributed by atoms with E-state index in [0.717, 1.165) is 42.3 Å². The van der Waals surface area contributed by atoms with E-state index in [9.17, 15) is 4.79 Å². The van der Waals surface area contributed by atoms with Crippen molar-refractivity contribution in [2.45, 2.75) is 31.6 Å². The summed E-state index contributed by atoms with van der Waals surface area (Å²) in [6.45, 7) is 5.95. The monoisotopic (exact) mass is 278 g/mol. The summed E-state index contributed by atoms with van der Waals surface area (Å²) >= 11 is 1.76. The fourth-order valence-electron chi connectivity index (χ4n) is 2.37. The van der Waals surface area contributed by atoms with E-state index in [1.54, 1.807) is 11.8 Å². The van der Waals surface area contributed by atoms with Gasteiger partial charge in [0.25, 0.3) is 0 Å². The highest BCUT2D eigenvalue weighted by atomic mass is 32.2. The first kappa shape index (κ1) is 14.4. The van der Waals surface area contributed by atoms with Gasteiger partial charge in [0.05, 0.1) is 11.1 Å². The Balaban J connectivity index is 2.10. The zero-order chi connectivity index (χ0) is 13.7. The Morgan fingerprint density at radius 2 is 2.26 bits per heavy atom. The van der Waals surface area contributed by atoms with Gasteiger partial charge in [-0.25, -0.2) is 0 Å². The first-order valence-corrected chi connectivity index (χ1v) is 7.88. The van der Waals surface area contributed by atoms with Crippen LogP contribution in [0.3, 0.4) is 0 Å². The Morgan fingerprint density at radius 1 is 1.47 bits per heavy atom. The summed E-state index contributed by atoms with van der Waals surface area (Å²) in [6.07, 6.45) is 2.02. The van der Waals surface area contributed by atoms with Crippen LogP contribution in [0.15, 0.2) is 29.2 Å². The molecule has 1 atom stereocenters. The van der Waals surface area contributed by atoms with Gasteiger partial charge in [0.15, 0.2) is 0 Å². The molecule has 104 valence electrons. The van der Waals surface area contributed by atoms with Gasteiger partial charge in [0.1, 0.15) is 0 Å². The van der Waals surface area contributed by atoms with E-state index < -0.39 is 0 Å². The van der Waals surface area contributed by atoms with Gasteiger partial charge in [-0.1, -0.05) is 19.1 Å². The first-order chi connectivity index (χ1) is 9.15. The van der Waals surface area contributed by atoms with Crippen LogP contribution in [0.2, 0.25) is 0 Å². The summed E-state index contributed by atoms with van der Waals surface area (Å²) in [6, 6.07) is 8.02. The third-order valence-electron chi connectivity index (χ3n) is 3.58. The van der Waals surface area contributed by atoms with Crippen LogP contribution < -0.4 is 10.6 Å². The molecule has 2 rings (SSSR count). The second-order valence-corrected chi connectivity index (χ2v) is 6.53. The molecule has 0 aromatic heterocycles. The van der Waals surface area contributed by atoms with Crippen molar-refractivity contribution >= 4 is 23.4 Å². The Kier molecular flexibility index (Phi) is 4.88. The summed E-state index contributed by atoms with van der Waals surface area (Å²) in [7, 11) is 0. The quantitative estimate of drug-likeness (QED) is 0.831. The molecule has 1 fully saturated rings. The highest BCUT2D eigenvalue weighted by molar-refractivity contribution is 7.99. The second kappa shape index (κ2) is 6.44. The molecule has 2 N–H and O–H groups in total. The van der Waals surface area contributed by atoms with Crippen LogP contribution in [0.5, 0.6) is 0 Å². The predicted molar refractivity (Wildman–Crippen MR) is 81.7 cm³/mol. The molecule has 0 aliphatic carbocycles. The molecule has 1 aromatic carbocycles. The number of carbonyl (C=O) groups excluding carboxylic acids is 1. The summed E-state index contributed by atoms with van der Waals surface area (Å²) in [5, 5.41) is 6.42. The minimum absolute atomic E-state index is 0.129. The minimum atomic E-state index is -0.289. The van der Waals surface area contributed by atoms with Crippen LogP contribution in [-0.4, -0.2) is 24.7 Å². The molecule has 4 heteroatoms. The molecule has 1 unspecified atom stereocenters. The van der Waals surface area contributed by atoms with Gasteiger partial charge in [0.2, 0.25) is 5.91 Å². The number of benzene rings is 1. The number of hydrogen-bond donors (Lipinski definition) is 2. The highest BCUT2D eigenvalue weighted by Crippen LogP contribution is 2.31. The van der Waals surface area contributed by atoms with E-state index in [1.807, 2.05) is 25.1 Å². The number of hydrogen-bond acceptors (Lipinski definition) is 3. The lowest BCUT2D eigenvalue weighted by Crippen LogP contribution is -2.46. The van der Waals surface area contributed by atoms with Crippen molar-refractivity contribution in [3.05, 3.63) is 24.3 Å². The van der Waals surface area contributed by atoms with Crippen LogP contribution in [-0.2, 0) is 4.79 Å². The van der Waals surface area contributed by atoms with Gasteiger partial charge in [0, 0.05) is 11.4 Å². The Hall–Kier alpha value is -1.00. The molecule has 1 heterocycles. The summed E-state index contributed by atoms with van der Waals surface area (Å²) in [5.74, 6) is 1.13. The molecule has 1 aliphatic rings.